The minimum atomic E-state index is -0.496. The van der Waals surface area contributed by atoms with Crippen LogP contribution in [0, 0.1) is 6.92 Å². The Morgan fingerprint density at radius 2 is 1.83 bits per heavy atom. The van der Waals surface area contributed by atoms with Gasteiger partial charge in [0, 0.05) is 32.6 Å². The lowest BCUT2D eigenvalue weighted by molar-refractivity contribution is -0.130. The number of benzene rings is 1. The van der Waals surface area contributed by atoms with Gasteiger partial charge in [0.15, 0.2) is 5.65 Å². The van der Waals surface area contributed by atoms with E-state index in [1.807, 2.05) is 46.8 Å². The minimum Gasteiger partial charge on any atom is -0.352 e. The van der Waals surface area contributed by atoms with Gasteiger partial charge in [-0.1, -0.05) is 25.1 Å². The van der Waals surface area contributed by atoms with Crippen LogP contribution in [0.5, 0.6) is 0 Å². The zero-order valence-corrected chi connectivity index (χ0v) is 18.4. The Bertz CT molecular complexity index is 1040. The van der Waals surface area contributed by atoms with Gasteiger partial charge < -0.3 is 9.80 Å². The molecular weight excluding hydrogens is 400 g/mol. The van der Waals surface area contributed by atoms with Crippen LogP contribution in [0.1, 0.15) is 31.8 Å². The average Bonchev–Trinajstić information content (AvgIpc) is 3.10. The molecule has 7 nitrogen and oxygen atoms in total. The molecule has 3 heterocycles. The predicted octanol–water partition coefficient (Wildman–Crippen LogP) is 3.35. The molecule has 0 N–H and O–H groups in total. The highest BCUT2D eigenvalue weighted by Gasteiger charge is 2.27. The van der Waals surface area contributed by atoms with Crippen molar-refractivity contribution >= 4 is 34.4 Å². The Labute approximate surface area is 181 Å². The van der Waals surface area contributed by atoms with Gasteiger partial charge in [-0.3, -0.25) is 4.79 Å². The number of aryl methyl sites for hydroxylation is 2. The van der Waals surface area contributed by atoms with Crippen LogP contribution >= 0.6 is 11.6 Å². The van der Waals surface area contributed by atoms with Gasteiger partial charge in [-0.25, -0.2) is 14.6 Å². The second kappa shape index (κ2) is 8.60. The molecule has 1 saturated heterocycles. The summed E-state index contributed by atoms with van der Waals surface area (Å²) in [4.78, 5) is 26.1. The molecule has 3 aromatic rings. The molecular formula is C22H27ClN6O. The Morgan fingerprint density at radius 3 is 2.47 bits per heavy atom. The van der Waals surface area contributed by atoms with E-state index in [2.05, 4.69) is 11.8 Å². The van der Waals surface area contributed by atoms with Gasteiger partial charge in [-0.15, -0.1) is 11.6 Å². The number of carbonyl (C=O) groups is 1. The third-order valence-corrected chi connectivity index (χ3v) is 5.62. The number of fused-ring (bicyclic) bond motifs is 1. The van der Waals surface area contributed by atoms with E-state index in [-0.39, 0.29) is 5.91 Å². The molecule has 0 saturated carbocycles. The summed E-state index contributed by atoms with van der Waals surface area (Å²) in [5.74, 6) is 1.73. The normalized spacial score (nSPS) is 15.6. The summed E-state index contributed by atoms with van der Waals surface area (Å²) in [6, 6.07) is 10.1. The molecule has 1 fully saturated rings. The van der Waals surface area contributed by atoms with Gasteiger partial charge in [0.05, 0.1) is 16.8 Å². The van der Waals surface area contributed by atoms with Crippen LogP contribution in [0.25, 0.3) is 16.7 Å². The van der Waals surface area contributed by atoms with Crippen molar-refractivity contribution in [3.8, 4) is 5.69 Å². The maximum absolute atomic E-state index is 12.2. The molecule has 0 aliphatic carbocycles. The lowest BCUT2D eigenvalue weighted by Crippen LogP contribution is -2.50. The van der Waals surface area contributed by atoms with Gasteiger partial charge in [-0.2, -0.15) is 5.10 Å². The maximum Gasteiger partial charge on any atom is 0.240 e. The summed E-state index contributed by atoms with van der Waals surface area (Å²) in [5, 5.41) is 5.27. The van der Waals surface area contributed by atoms with Crippen molar-refractivity contribution < 1.29 is 4.79 Å². The number of nitrogens with zero attached hydrogens (tertiary/aromatic N) is 6. The number of hydrogen-bond acceptors (Lipinski definition) is 5. The summed E-state index contributed by atoms with van der Waals surface area (Å²) in [6.45, 7) is 8.55. The summed E-state index contributed by atoms with van der Waals surface area (Å²) in [5.41, 5.74) is 2.72. The van der Waals surface area contributed by atoms with Crippen LogP contribution in [0.15, 0.2) is 30.3 Å². The van der Waals surface area contributed by atoms with E-state index in [0.29, 0.717) is 26.2 Å². The van der Waals surface area contributed by atoms with Crippen molar-refractivity contribution in [1.82, 2.24) is 24.6 Å². The smallest absolute Gasteiger partial charge is 0.240 e. The van der Waals surface area contributed by atoms with Gasteiger partial charge in [-0.05, 0) is 32.4 Å². The lowest BCUT2D eigenvalue weighted by atomic mass is 10.2. The van der Waals surface area contributed by atoms with Crippen LogP contribution in [-0.2, 0) is 11.2 Å². The van der Waals surface area contributed by atoms with Crippen molar-refractivity contribution in [2.75, 3.05) is 31.1 Å². The van der Waals surface area contributed by atoms with Crippen LogP contribution in [-0.4, -0.2) is 62.1 Å². The van der Waals surface area contributed by atoms with Crippen molar-refractivity contribution in [2.45, 2.75) is 39.0 Å². The molecule has 1 aliphatic heterocycles. The first kappa shape index (κ1) is 20.6. The monoisotopic (exact) mass is 426 g/mol. The fraction of sp³-hybridized carbons (Fsp3) is 0.455. The van der Waals surface area contributed by atoms with Crippen molar-refractivity contribution in [2.24, 2.45) is 0 Å². The molecule has 2 aromatic heterocycles. The SMILES string of the molecule is CCCc1nc(N2CCN(C(=O)C(C)Cl)CC2)c2c(C)nn(-c3ccccc3)c2n1. The van der Waals surface area contributed by atoms with E-state index in [0.717, 1.165) is 46.9 Å². The maximum atomic E-state index is 12.2. The topological polar surface area (TPSA) is 67.2 Å². The number of anilines is 1. The van der Waals surface area contributed by atoms with Crippen LogP contribution in [0.4, 0.5) is 5.82 Å². The molecule has 0 bridgehead atoms. The van der Waals surface area contributed by atoms with Crippen LogP contribution in [0.2, 0.25) is 0 Å². The summed E-state index contributed by atoms with van der Waals surface area (Å²) in [6.07, 6.45) is 1.78. The molecule has 1 amide bonds. The second-order valence-electron chi connectivity index (χ2n) is 7.67. The van der Waals surface area contributed by atoms with Gasteiger partial charge in [0.2, 0.25) is 5.91 Å². The number of para-hydroxylation sites is 1. The van der Waals surface area contributed by atoms with Crippen LogP contribution < -0.4 is 4.90 Å². The number of aromatic nitrogens is 4. The fourth-order valence-corrected chi connectivity index (χ4v) is 4.05. The summed E-state index contributed by atoms with van der Waals surface area (Å²) < 4.78 is 1.91. The molecule has 4 rings (SSSR count). The van der Waals surface area contributed by atoms with Crippen molar-refractivity contribution in [3.63, 3.8) is 0 Å². The molecule has 1 unspecified atom stereocenters. The third kappa shape index (κ3) is 3.86. The molecule has 8 heteroatoms. The average molecular weight is 427 g/mol. The van der Waals surface area contributed by atoms with Gasteiger partial charge in [0.25, 0.3) is 0 Å². The highest BCUT2D eigenvalue weighted by atomic mass is 35.5. The number of halogens is 1. The van der Waals surface area contributed by atoms with E-state index in [1.165, 1.54) is 0 Å². The third-order valence-electron chi connectivity index (χ3n) is 5.44. The molecule has 158 valence electrons. The Kier molecular flexibility index (Phi) is 5.90. The highest BCUT2D eigenvalue weighted by molar-refractivity contribution is 6.30. The number of amides is 1. The standard InChI is InChI=1S/C22H27ClN6O/c1-4-8-18-24-20(27-11-13-28(14-12-27)22(30)15(2)23)19-16(3)26-29(21(19)25-18)17-9-6-5-7-10-17/h5-7,9-10,15H,4,8,11-14H2,1-3H3. The highest BCUT2D eigenvalue weighted by Crippen LogP contribution is 2.30. The van der Waals surface area contributed by atoms with Crippen molar-refractivity contribution in [1.29, 1.82) is 0 Å². The van der Waals surface area contributed by atoms with Gasteiger partial charge in [0.1, 0.15) is 17.0 Å². The summed E-state index contributed by atoms with van der Waals surface area (Å²) in [7, 11) is 0. The van der Waals surface area contributed by atoms with E-state index in [9.17, 15) is 4.79 Å². The molecule has 1 atom stereocenters. The zero-order valence-electron chi connectivity index (χ0n) is 17.7. The fourth-order valence-electron chi connectivity index (χ4n) is 3.91. The number of rotatable bonds is 5. The van der Waals surface area contributed by atoms with Crippen LogP contribution in [0.3, 0.4) is 0 Å². The minimum absolute atomic E-state index is 0.0103. The molecule has 0 spiro atoms. The largest absolute Gasteiger partial charge is 0.352 e. The summed E-state index contributed by atoms with van der Waals surface area (Å²) >= 11 is 5.99. The van der Waals surface area contributed by atoms with E-state index >= 15 is 0 Å². The lowest BCUT2D eigenvalue weighted by Gasteiger charge is -2.36. The first-order valence-electron chi connectivity index (χ1n) is 10.5. The quantitative estimate of drug-likeness (QED) is 0.585. The zero-order chi connectivity index (χ0) is 21.3. The van der Waals surface area contributed by atoms with E-state index in [1.54, 1.807) is 6.92 Å². The van der Waals surface area contributed by atoms with E-state index in [4.69, 9.17) is 26.7 Å². The molecule has 1 aliphatic rings. The second-order valence-corrected chi connectivity index (χ2v) is 8.33. The number of carbonyl (C=O) groups excluding carboxylic acids is 1. The first-order chi connectivity index (χ1) is 14.5. The first-order valence-corrected chi connectivity index (χ1v) is 10.9. The van der Waals surface area contributed by atoms with Crippen molar-refractivity contribution in [3.05, 3.63) is 41.9 Å². The number of piperazine rings is 1. The number of alkyl halides is 1. The van der Waals surface area contributed by atoms with E-state index < -0.39 is 5.38 Å². The molecule has 0 radical (unpaired) electrons. The number of hydrogen-bond donors (Lipinski definition) is 0. The Balaban J connectivity index is 1.75. The Hall–Kier alpha value is -2.67. The molecule has 1 aromatic carbocycles. The predicted molar refractivity (Wildman–Crippen MR) is 120 cm³/mol. The molecule has 30 heavy (non-hydrogen) atoms. The van der Waals surface area contributed by atoms with Gasteiger partial charge >= 0.3 is 0 Å². The Morgan fingerprint density at radius 1 is 1.13 bits per heavy atom.